The van der Waals surface area contributed by atoms with E-state index in [1.54, 1.807) is 6.33 Å². The van der Waals surface area contributed by atoms with Crippen molar-refractivity contribution in [2.45, 2.75) is 62.8 Å². The normalized spacial score (nSPS) is 24.9. The number of rotatable bonds is 8. The Morgan fingerprint density at radius 1 is 1.17 bits per heavy atom. The number of piperazine rings is 1. The number of hydrogen-bond acceptors (Lipinski definition) is 8. The SMILES string of the molecule is C[C@@H]1C[C@@H](O)c2ncnc(N3CCN(C(CC(C=O)c4ccc(Cl)cc4)NC4CCOCC4)CC3)c21. The molecule has 8 nitrogen and oxygen atoms in total. The van der Waals surface area contributed by atoms with Gasteiger partial charge in [-0.1, -0.05) is 30.7 Å². The van der Waals surface area contributed by atoms with Crippen molar-refractivity contribution in [3.63, 3.8) is 0 Å². The minimum absolute atomic E-state index is 0.0815. The van der Waals surface area contributed by atoms with Gasteiger partial charge in [-0.15, -0.1) is 0 Å². The lowest BCUT2D eigenvalue weighted by Crippen LogP contribution is -2.58. The number of nitrogens with zero attached hydrogens (tertiary/aromatic N) is 4. The number of aliphatic hydroxyl groups is 1. The molecule has 36 heavy (non-hydrogen) atoms. The molecule has 2 fully saturated rings. The Hall–Kier alpha value is -2.10. The molecule has 0 bridgehead atoms. The van der Waals surface area contributed by atoms with E-state index in [0.717, 1.165) is 81.2 Å². The van der Waals surface area contributed by atoms with Gasteiger partial charge in [0.2, 0.25) is 0 Å². The van der Waals surface area contributed by atoms with E-state index in [2.05, 4.69) is 32.0 Å². The summed E-state index contributed by atoms with van der Waals surface area (Å²) in [7, 11) is 0. The van der Waals surface area contributed by atoms with Crippen molar-refractivity contribution in [3.8, 4) is 0 Å². The third-order valence-electron chi connectivity index (χ3n) is 7.92. The largest absolute Gasteiger partial charge is 0.387 e. The summed E-state index contributed by atoms with van der Waals surface area (Å²) in [5.74, 6) is 1.01. The zero-order valence-corrected chi connectivity index (χ0v) is 21.6. The second-order valence-corrected chi connectivity index (χ2v) is 10.7. The number of fused-ring (bicyclic) bond motifs is 1. The fraction of sp³-hybridized carbons (Fsp3) is 0.593. The van der Waals surface area contributed by atoms with Crippen molar-refractivity contribution in [3.05, 3.63) is 52.4 Å². The average molecular weight is 514 g/mol. The molecule has 2 saturated heterocycles. The molecule has 2 aliphatic heterocycles. The van der Waals surface area contributed by atoms with E-state index in [0.29, 0.717) is 23.9 Å². The Labute approximate surface area is 218 Å². The molecule has 0 spiro atoms. The van der Waals surface area contributed by atoms with Gasteiger partial charge in [0.1, 0.15) is 18.4 Å². The molecule has 0 amide bonds. The summed E-state index contributed by atoms with van der Waals surface area (Å²) in [4.78, 5) is 26.0. The number of halogens is 1. The molecule has 4 atom stereocenters. The molecule has 5 rings (SSSR count). The summed E-state index contributed by atoms with van der Waals surface area (Å²) in [5, 5.41) is 14.9. The van der Waals surface area contributed by atoms with E-state index < -0.39 is 6.10 Å². The summed E-state index contributed by atoms with van der Waals surface area (Å²) in [5.41, 5.74) is 2.88. The highest BCUT2D eigenvalue weighted by molar-refractivity contribution is 6.30. The molecule has 0 saturated carbocycles. The summed E-state index contributed by atoms with van der Waals surface area (Å²) in [6, 6.07) is 7.99. The van der Waals surface area contributed by atoms with Gasteiger partial charge in [-0.2, -0.15) is 0 Å². The van der Waals surface area contributed by atoms with Gasteiger partial charge in [0, 0.05) is 61.9 Å². The number of aromatic nitrogens is 2. The highest BCUT2D eigenvalue weighted by Gasteiger charge is 2.35. The predicted molar refractivity (Wildman–Crippen MR) is 139 cm³/mol. The van der Waals surface area contributed by atoms with Gasteiger partial charge >= 0.3 is 0 Å². The highest BCUT2D eigenvalue weighted by atomic mass is 35.5. The van der Waals surface area contributed by atoms with E-state index in [-0.39, 0.29) is 18.0 Å². The van der Waals surface area contributed by atoms with Crippen molar-refractivity contribution in [1.82, 2.24) is 20.2 Å². The summed E-state index contributed by atoms with van der Waals surface area (Å²) in [6.07, 6.45) is 5.60. The van der Waals surface area contributed by atoms with E-state index in [9.17, 15) is 9.90 Å². The van der Waals surface area contributed by atoms with Crippen LogP contribution in [0.3, 0.4) is 0 Å². The number of benzene rings is 1. The van der Waals surface area contributed by atoms with Crippen LogP contribution in [-0.4, -0.2) is 77.9 Å². The maximum absolute atomic E-state index is 12.2. The number of anilines is 1. The van der Waals surface area contributed by atoms with Crippen LogP contribution in [0.4, 0.5) is 5.82 Å². The van der Waals surface area contributed by atoms with Crippen molar-refractivity contribution in [2.24, 2.45) is 0 Å². The maximum atomic E-state index is 12.2. The van der Waals surface area contributed by atoms with Crippen LogP contribution in [0.1, 0.15) is 67.4 Å². The van der Waals surface area contributed by atoms with Crippen LogP contribution in [0.2, 0.25) is 5.02 Å². The Bertz CT molecular complexity index is 1020. The lowest BCUT2D eigenvalue weighted by atomic mass is 9.94. The standard InChI is InChI=1S/C27H36ClN5O3/c1-18-14-23(35)26-25(18)27(30-17-29-26)33-10-8-32(9-11-33)24(31-22-6-12-36-13-7-22)15-20(16-34)19-2-4-21(28)5-3-19/h2-5,16-18,20,22-24,31,35H,6-15H2,1H3/t18-,20?,23-,24?/m1/s1. The topological polar surface area (TPSA) is 90.8 Å². The number of ether oxygens (including phenoxy) is 1. The van der Waals surface area contributed by atoms with Crippen LogP contribution in [0.15, 0.2) is 30.6 Å². The van der Waals surface area contributed by atoms with E-state index in [1.807, 2.05) is 24.3 Å². The lowest BCUT2D eigenvalue weighted by molar-refractivity contribution is -0.109. The summed E-state index contributed by atoms with van der Waals surface area (Å²) in [6.45, 7) is 7.09. The smallest absolute Gasteiger partial charge is 0.135 e. The molecule has 0 radical (unpaired) electrons. The number of aliphatic hydroxyl groups excluding tert-OH is 1. The molecule has 1 aromatic carbocycles. The van der Waals surface area contributed by atoms with Crippen LogP contribution < -0.4 is 10.2 Å². The maximum Gasteiger partial charge on any atom is 0.135 e. The van der Waals surface area contributed by atoms with Crippen LogP contribution in [-0.2, 0) is 9.53 Å². The predicted octanol–water partition coefficient (Wildman–Crippen LogP) is 3.26. The summed E-state index contributed by atoms with van der Waals surface area (Å²) < 4.78 is 5.57. The van der Waals surface area contributed by atoms with Crippen LogP contribution in [0.25, 0.3) is 0 Å². The van der Waals surface area contributed by atoms with Gasteiger partial charge in [-0.3, -0.25) is 10.2 Å². The third kappa shape index (κ3) is 5.58. The van der Waals surface area contributed by atoms with Crippen molar-refractivity contribution in [2.75, 3.05) is 44.3 Å². The molecule has 2 N–H and O–H groups in total. The molecular formula is C27H36ClN5O3. The molecule has 9 heteroatoms. The molecule has 2 unspecified atom stereocenters. The van der Waals surface area contributed by atoms with Crippen molar-refractivity contribution in [1.29, 1.82) is 0 Å². The minimum Gasteiger partial charge on any atom is -0.387 e. The second-order valence-electron chi connectivity index (χ2n) is 10.3. The summed E-state index contributed by atoms with van der Waals surface area (Å²) >= 11 is 6.08. The zero-order chi connectivity index (χ0) is 25.1. The van der Waals surface area contributed by atoms with Gasteiger partial charge < -0.3 is 19.5 Å². The average Bonchev–Trinajstić information content (AvgIpc) is 3.21. The lowest BCUT2D eigenvalue weighted by Gasteiger charge is -2.42. The molecular weight excluding hydrogens is 478 g/mol. The van der Waals surface area contributed by atoms with Crippen LogP contribution in [0, 0.1) is 0 Å². The van der Waals surface area contributed by atoms with E-state index in [4.69, 9.17) is 16.3 Å². The first-order valence-electron chi connectivity index (χ1n) is 13.1. The van der Waals surface area contributed by atoms with Gasteiger partial charge in [-0.25, -0.2) is 9.97 Å². The second kappa shape index (κ2) is 11.5. The first kappa shape index (κ1) is 25.5. The monoisotopic (exact) mass is 513 g/mol. The van der Waals surface area contributed by atoms with Crippen LogP contribution >= 0.6 is 11.6 Å². The molecule has 3 heterocycles. The molecule has 1 aromatic heterocycles. The molecule has 1 aliphatic carbocycles. The molecule has 2 aromatic rings. The number of aldehydes is 1. The van der Waals surface area contributed by atoms with Crippen molar-refractivity contribution < 1.29 is 14.6 Å². The minimum atomic E-state index is -0.501. The van der Waals surface area contributed by atoms with Crippen molar-refractivity contribution >= 4 is 23.7 Å². The zero-order valence-electron chi connectivity index (χ0n) is 20.9. The number of carbonyl (C=O) groups excluding carboxylic acids is 1. The molecule has 194 valence electrons. The first-order valence-corrected chi connectivity index (χ1v) is 13.5. The Balaban J connectivity index is 1.30. The Kier molecular flexibility index (Phi) is 8.18. The number of nitrogens with one attached hydrogen (secondary N) is 1. The third-order valence-corrected chi connectivity index (χ3v) is 8.17. The Morgan fingerprint density at radius 3 is 2.58 bits per heavy atom. The van der Waals surface area contributed by atoms with E-state index in [1.165, 1.54) is 0 Å². The van der Waals surface area contributed by atoms with Gasteiger partial charge in [0.25, 0.3) is 0 Å². The fourth-order valence-corrected chi connectivity index (χ4v) is 6.01. The van der Waals surface area contributed by atoms with Gasteiger partial charge in [0.05, 0.1) is 18.0 Å². The number of carbonyl (C=O) groups is 1. The first-order chi connectivity index (χ1) is 17.5. The van der Waals surface area contributed by atoms with Gasteiger partial charge in [-0.05, 0) is 49.3 Å². The van der Waals surface area contributed by atoms with E-state index >= 15 is 0 Å². The highest BCUT2D eigenvalue weighted by Crippen LogP contribution is 2.42. The fourth-order valence-electron chi connectivity index (χ4n) is 5.88. The quantitative estimate of drug-likeness (QED) is 0.520. The number of hydrogen-bond donors (Lipinski definition) is 2. The molecule has 3 aliphatic rings. The van der Waals surface area contributed by atoms with Crippen LogP contribution in [0.5, 0.6) is 0 Å². The van der Waals surface area contributed by atoms with Gasteiger partial charge in [0.15, 0.2) is 0 Å². The Morgan fingerprint density at radius 2 is 1.89 bits per heavy atom.